The number of halogens is 1. The van der Waals surface area contributed by atoms with E-state index in [1.807, 2.05) is 6.07 Å². The monoisotopic (exact) mass is 245 g/mol. The minimum atomic E-state index is -0.521. The molecule has 0 saturated heterocycles. The van der Waals surface area contributed by atoms with Crippen LogP contribution in [0.5, 0.6) is 5.75 Å². The Kier molecular flexibility index (Phi) is 3.57. The van der Waals surface area contributed by atoms with Crippen molar-refractivity contribution in [1.29, 1.82) is 0 Å². The van der Waals surface area contributed by atoms with Gasteiger partial charge in [0.1, 0.15) is 11.6 Å². The second kappa shape index (κ2) is 5.31. The summed E-state index contributed by atoms with van der Waals surface area (Å²) in [6.45, 7) is 0. The summed E-state index contributed by atoms with van der Waals surface area (Å²) in [4.78, 5) is 13.1. The summed E-state index contributed by atoms with van der Waals surface area (Å²) in [6, 6.07) is 14.4. The second-order valence-corrected chi connectivity index (χ2v) is 3.72. The first-order valence-corrected chi connectivity index (χ1v) is 5.43. The van der Waals surface area contributed by atoms with Gasteiger partial charge in [0.05, 0.1) is 0 Å². The van der Waals surface area contributed by atoms with E-state index in [2.05, 4.69) is 0 Å². The molecule has 0 N–H and O–H groups in total. The number of para-hydroxylation sites is 1. The summed E-state index contributed by atoms with van der Waals surface area (Å²) in [6.07, 6.45) is -0.521. The molecule has 0 aromatic heterocycles. The van der Waals surface area contributed by atoms with Crippen LogP contribution in [0, 0.1) is 5.82 Å². The normalized spacial score (nSPS) is 9.89. The largest absolute Gasteiger partial charge is 0.419 e. The summed E-state index contributed by atoms with van der Waals surface area (Å²) in [7, 11) is 1.57. The fourth-order valence-corrected chi connectivity index (χ4v) is 1.43. The van der Waals surface area contributed by atoms with E-state index in [1.54, 1.807) is 31.3 Å². The van der Waals surface area contributed by atoms with E-state index in [0.717, 1.165) is 0 Å². The van der Waals surface area contributed by atoms with E-state index in [1.165, 1.54) is 29.2 Å². The molecule has 0 spiro atoms. The van der Waals surface area contributed by atoms with E-state index in [-0.39, 0.29) is 5.82 Å². The predicted octanol–water partition coefficient (Wildman–Crippen LogP) is 3.46. The first-order valence-electron chi connectivity index (χ1n) is 5.43. The van der Waals surface area contributed by atoms with Crippen molar-refractivity contribution in [2.75, 3.05) is 11.9 Å². The highest BCUT2D eigenvalue weighted by Gasteiger charge is 2.12. The third-order valence-corrected chi connectivity index (χ3v) is 2.44. The van der Waals surface area contributed by atoms with Crippen LogP contribution in [0.3, 0.4) is 0 Å². The number of amides is 1. The molecule has 0 radical (unpaired) electrons. The third kappa shape index (κ3) is 2.85. The number of carbonyl (C=O) groups is 1. The summed E-state index contributed by atoms with van der Waals surface area (Å²) in [5.74, 6) is 0.125. The SMILES string of the molecule is CN(C(=O)Oc1ccccc1)c1ccc(F)cc1. The Morgan fingerprint density at radius 1 is 1.06 bits per heavy atom. The van der Waals surface area contributed by atoms with Crippen molar-refractivity contribution in [3.8, 4) is 5.75 Å². The lowest BCUT2D eigenvalue weighted by Gasteiger charge is -2.16. The van der Waals surface area contributed by atoms with Crippen LogP contribution in [0.4, 0.5) is 14.9 Å². The molecule has 0 unspecified atom stereocenters. The average molecular weight is 245 g/mol. The molecule has 0 heterocycles. The molecule has 3 nitrogen and oxygen atoms in total. The van der Waals surface area contributed by atoms with Crippen molar-refractivity contribution < 1.29 is 13.9 Å². The van der Waals surface area contributed by atoms with E-state index in [0.29, 0.717) is 11.4 Å². The molecular formula is C14H12FNO2. The Morgan fingerprint density at radius 3 is 2.28 bits per heavy atom. The quantitative estimate of drug-likeness (QED) is 0.810. The molecule has 2 aromatic rings. The van der Waals surface area contributed by atoms with Crippen molar-refractivity contribution in [2.45, 2.75) is 0 Å². The molecular weight excluding hydrogens is 233 g/mol. The number of nitrogens with zero attached hydrogens (tertiary/aromatic N) is 1. The van der Waals surface area contributed by atoms with Crippen molar-refractivity contribution in [2.24, 2.45) is 0 Å². The average Bonchev–Trinajstić information content (AvgIpc) is 2.40. The van der Waals surface area contributed by atoms with Crippen LogP contribution >= 0.6 is 0 Å². The smallest absolute Gasteiger partial charge is 0.410 e. The van der Waals surface area contributed by atoms with Crippen LogP contribution in [0.1, 0.15) is 0 Å². The van der Waals surface area contributed by atoms with Gasteiger partial charge in [0, 0.05) is 12.7 Å². The molecule has 2 aromatic carbocycles. The fraction of sp³-hybridized carbons (Fsp3) is 0.0714. The Morgan fingerprint density at radius 2 is 1.67 bits per heavy atom. The molecule has 0 atom stereocenters. The maximum Gasteiger partial charge on any atom is 0.419 e. The number of rotatable bonds is 2. The number of anilines is 1. The number of carbonyl (C=O) groups excluding carboxylic acids is 1. The van der Waals surface area contributed by atoms with Gasteiger partial charge in [0.2, 0.25) is 0 Å². The zero-order chi connectivity index (χ0) is 13.0. The van der Waals surface area contributed by atoms with E-state index in [4.69, 9.17) is 4.74 Å². The highest BCUT2D eigenvalue weighted by molar-refractivity contribution is 5.88. The molecule has 0 aliphatic carbocycles. The number of benzene rings is 2. The molecule has 92 valence electrons. The molecule has 0 aliphatic heterocycles. The predicted molar refractivity (Wildman–Crippen MR) is 67.3 cm³/mol. The lowest BCUT2D eigenvalue weighted by molar-refractivity contribution is 0.209. The molecule has 1 amide bonds. The topological polar surface area (TPSA) is 29.5 Å². The highest BCUT2D eigenvalue weighted by atomic mass is 19.1. The third-order valence-electron chi connectivity index (χ3n) is 2.44. The standard InChI is InChI=1S/C14H12FNO2/c1-16(12-9-7-11(15)8-10-12)14(17)18-13-5-3-2-4-6-13/h2-10H,1H3. The van der Waals surface area contributed by atoms with Crippen LogP contribution in [0.15, 0.2) is 54.6 Å². The Balaban J connectivity index is 2.07. The van der Waals surface area contributed by atoms with Gasteiger partial charge in [-0.15, -0.1) is 0 Å². The summed E-state index contributed by atoms with van der Waals surface area (Å²) in [5, 5.41) is 0. The molecule has 2 rings (SSSR count). The zero-order valence-corrected chi connectivity index (χ0v) is 9.84. The summed E-state index contributed by atoms with van der Waals surface area (Å²) >= 11 is 0. The molecule has 0 bridgehead atoms. The van der Waals surface area contributed by atoms with E-state index >= 15 is 0 Å². The number of hydrogen-bond acceptors (Lipinski definition) is 2. The molecule has 18 heavy (non-hydrogen) atoms. The minimum absolute atomic E-state index is 0.344. The molecule has 0 saturated carbocycles. The number of hydrogen-bond donors (Lipinski definition) is 0. The van der Waals surface area contributed by atoms with Gasteiger partial charge in [-0.1, -0.05) is 18.2 Å². The number of ether oxygens (including phenoxy) is 1. The fourth-order valence-electron chi connectivity index (χ4n) is 1.43. The Labute approximate surface area is 104 Å². The first-order chi connectivity index (χ1) is 8.66. The molecule has 0 fully saturated rings. The maximum atomic E-state index is 12.8. The summed E-state index contributed by atoms with van der Waals surface area (Å²) < 4.78 is 17.9. The van der Waals surface area contributed by atoms with E-state index in [9.17, 15) is 9.18 Å². The Bertz CT molecular complexity index is 525. The van der Waals surface area contributed by atoms with Crippen molar-refractivity contribution in [1.82, 2.24) is 0 Å². The van der Waals surface area contributed by atoms with Gasteiger partial charge in [-0.25, -0.2) is 9.18 Å². The van der Waals surface area contributed by atoms with Crippen molar-refractivity contribution >= 4 is 11.8 Å². The first kappa shape index (κ1) is 12.1. The molecule has 0 aliphatic rings. The highest BCUT2D eigenvalue weighted by Crippen LogP contribution is 2.16. The van der Waals surface area contributed by atoms with Gasteiger partial charge in [0.15, 0.2) is 0 Å². The van der Waals surface area contributed by atoms with Crippen LogP contribution in [-0.2, 0) is 0 Å². The van der Waals surface area contributed by atoms with Crippen LogP contribution in [-0.4, -0.2) is 13.1 Å². The van der Waals surface area contributed by atoms with Gasteiger partial charge in [-0.05, 0) is 36.4 Å². The lowest BCUT2D eigenvalue weighted by Crippen LogP contribution is -2.29. The Hall–Kier alpha value is -2.36. The lowest BCUT2D eigenvalue weighted by atomic mass is 10.3. The van der Waals surface area contributed by atoms with Gasteiger partial charge in [-0.2, -0.15) is 0 Å². The van der Waals surface area contributed by atoms with Gasteiger partial charge >= 0.3 is 6.09 Å². The van der Waals surface area contributed by atoms with Gasteiger partial charge < -0.3 is 4.74 Å². The molecule has 4 heteroatoms. The maximum absolute atomic E-state index is 12.8. The zero-order valence-electron chi connectivity index (χ0n) is 9.84. The van der Waals surface area contributed by atoms with E-state index < -0.39 is 6.09 Å². The van der Waals surface area contributed by atoms with Gasteiger partial charge in [-0.3, -0.25) is 4.90 Å². The van der Waals surface area contributed by atoms with Crippen LogP contribution in [0.25, 0.3) is 0 Å². The van der Waals surface area contributed by atoms with Crippen molar-refractivity contribution in [3.63, 3.8) is 0 Å². The summed E-state index contributed by atoms with van der Waals surface area (Å²) in [5.41, 5.74) is 0.567. The van der Waals surface area contributed by atoms with Crippen LogP contribution in [0.2, 0.25) is 0 Å². The van der Waals surface area contributed by atoms with Crippen molar-refractivity contribution in [3.05, 3.63) is 60.4 Å². The minimum Gasteiger partial charge on any atom is -0.410 e. The van der Waals surface area contributed by atoms with Gasteiger partial charge in [0.25, 0.3) is 0 Å². The second-order valence-electron chi connectivity index (χ2n) is 3.72. The van der Waals surface area contributed by atoms with Crippen LogP contribution < -0.4 is 9.64 Å².